The molecule has 0 aliphatic rings. The zero-order chi connectivity index (χ0) is 19.8. The lowest BCUT2D eigenvalue weighted by atomic mass is 10.0. The summed E-state index contributed by atoms with van der Waals surface area (Å²) >= 11 is 0. The first kappa shape index (κ1) is 18.3. The number of aliphatic imine (C=N–C) groups is 1. The molecule has 3 heterocycles. The van der Waals surface area contributed by atoms with Crippen molar-refractivity contribution in [1.29, 1.82) is 0 Å². The number of halogens is 3. The van der Waals surface area contributed by atoms with Crippen LogP contribution in [0.4, 0.5) is 19.1 Å². The van der Waals surface area contributed by atoms with Crippen LogP contribution in [0.5, 0.6) is 0 Å². The number of hydrogen-bond acceptors (Lipinski definition) is 7. The van der Waals surface area contributed by atoms with Gasteiger partial charge in [-0.15, -0.1) is 0 Å². The summed E-state index contributed by atoms with van der Waals surface area (Å²) in [6, 6.07) is 2.40. The molecular weight excluding hydrogens is 361 g/mol. The van der Waals surface area contributed by atoms with Crippen LogP contribution in [-0.2, 0) is 6.18 Å². The monoisotopic (exact) mass is 376 g/mol. The first-order valence-electron chi connectivity index (χ1n) is 7.66. The number of nitrogens with two attached hydrogens (primary N) is 2. The van der Waals surface area contributed by atoms with Gasteiger partial charge in [-0.1, -0.05) is 0 Å². The van der Waals surface area contributed by atoms with Crippen molar-refractivity contribution in [2.45, 2.75) is 13.1 Å². The summed E-state index contributed by atoms with van der Waals surface area (Å²) in [5.41, 5.74) is 12.1. The van der Waals surface area contributed by atoms with Gasteiger partial charge in [0.05, 0.1) is 11.3 Å². The lowest BCUT2D eigenvalue weighted by molar-refractivity contribution is -0.141. The van der Waals surface area contributed by atoms with Crippen LogP contribution >= 0.6 is 0 Å². The number of aryl methyl sites for hydroxylation is 1. The molecule has 4 N–H and O–H groups in total. The van der Waals surface area contributed by atoms with Gasteiger partial charge in [-0.3, -0.25) is 4.99 Å². The van der Waals surface area contributed by atoms with E-state index in [-0.39, 0.29) is 39.8 Å². The topological polar surface area (TPSA) is 120 Å². The summed E-state index contributed by atoms with van der Waals surface area (Å²) < 4.78 is 40.9. The molecule has 0 amide bonds. The Hall–Kier alpha value is -3.50. The standard InChI is InChI=1S/C16H15F3N8/c1-8-5-9(6-11(25-8)16(17,18)19)12-13(10(20)3-4-22-2)26-15(21)27-14(12)23-7-24-27/h3-7H,20H2,1-2H3,(H2,21,26). The molecule has 0 bridgehead atoms. The highest BCUT2D eigenvalue weighted by Crippen LogP contribution is 2.35. The van der Waals surface area contributed by atoms with Crippen molar-refractivity contribution < 1.29 is 13.2 Å². The molecule has 0 aliphatic carbocycles. The second-order valence-corrected chi connectivity index (χ2v) is 5.60. The van der Waals surface area contributed by atoms with Crippen LogP contribution < -0.4 is 11.5 Å². The van der Waals surface area contributed by atoms with Crippen LogP contribution in [0.1, 0.15) is 17.1 Å². The van der Waals surface area contributed by atoms with Gasteiger partial charge in [0.1, 0.15) is 17.7 Å². The molecule has 3 rings (SSSR count). The average molecular weight is 376 g/mol. The Morgan fingerprint density at radius 3 is 2.67 bits per heavy atom. The van der Waals surface area contributed by atoms with Gasteiger partial charge in [0.25, 0.3) is 0 Å². The van der Waals surface area contributed by atoms with Crippen molar-refractivity contribution in [3.05, 3.63) is 41.6 Å². The summed E-state index contributed by atoms with van der Waals surface area (Å²) in [5.74, 6) is -0.00661. The van der Waals surface area contributed by atoms with Crippen LogP contribution in [0, 0.1) is 6.92 Å². The van der Waals surface area contributed by atoms with Crippen molar-refractivity contribution >= 4 is 23.5 Å². The molecule has 27 heavy (non-hydrogen) atoms. The van der Waals surface area contributed by atoms with Gasteiger partial charge in [-0.25, -0.2) is 15.0 Å². The van der Waals surface area contributed by atoms with Crippen LogP contribution in [0.2, 0.25) is 0 Å². The summed E-state index contributed by atoms with van der Waals surface area (Å²) in [5, 5.41) is 3.95. The van der Waals surface area contributed by atoms with Crippen molar-refractivity contribution in [3.63, 3.8) is 0 Å². The van der Waals surface area contributed by atoms with E-state index in [0.717, 1.165) is 6.07 Å². The summed E-state index contributed by atoms with van der Waals surface area (Å²) in [6.07, 6.45) is -0.476. The molecule has 0 aromatic carbocycles. The van der Waals surface area contributed by atoms with Crippen molar-refractivity contribution in [3.8, 4) is 11.1 Å². The van der Waals surface area contributed by atoms with Crippen molar-refractivity contribution in [2.75, 3.05) is 12.8 Å². The third-order valence-electron chi connectivity index (χ3n) is 3.66. The van der Waals surface area contributed by atoms with E-state index in [1.165, 1.54) is 36.1 Å². The Bertz CT molecular complexity index is 1070. The van der Waals surface area contributed by atoms with Gasteiger partial charge < -0.3 is 11.5 Å². The Balaban J connectivity index is 2.38. The third kappa shape index (κ3) is 3.43. The summed E-state index contributed by atoms with van der Waals surface area (Å²) in [6.45, 7) is 1.47. The Morgan fingerprint density at radius 2 is 2.00 bits per heavy atom. The second kappa shape index (κ2) is 6.67. The molecular formula is C16H15F3N8. The highest BCUT2D eigenvalue weighted by Gasteiger charge is 2.33. The van der Waals surface area contributed by atoms with E-state index in [0.29, 0.717) is 0 Å². The highest BCUT2D eigenvalue weighted by atomic mass is 19.4. The molecule has 0 aliphatic heterocycles. The van der Waals surface area contributed by atoms with Gasteiger partial charge in [0.15, 0.2) is 5.65 Å². The number of hydrogen-bond donors (Lipinski definition) is 2. The zero-order valence-electron chi connectivity index (χ0n) is 14.4. The summed E-state index contributed by atoms with van der Waals surface area (Å²) in [4.78, 5) is 15.7. The number of alkyl halides is 3. The Labute approximate surface area is 151 Å². The van der Waals surface area contributed by atoms with Gasteiger partial charge in [0.2, 0.25) is 5.95 Å². The lowest BCUT2D eigenvalue weighted by Crippen LogP contribution is -2.12. The van der Waals surface area contributed by atoms with Crippen molar-refractivity contribution in [1.82, 2.24) is 24.6 Å². The minimum Gasteiger partial charge on any atom is -0.397 e. The molecule has 0 atom stereocenters. The molecule has 0 saturated heterocycles. The minimum absolute atomic E-state index is 0.00661. The van der Waals surface area contributed by atoms with E-state index in [4.69, 9.17) is 11.5 Å². The fraction of sp³-hybridized carbons (Fsp3) is 0.188. The summed E-state index contributed by atoms with van der Waals surface area (Å²) in [7, 11) is 1.55. The number of nitrogens with zero attached hydrogens (tertiary/aromatic N) is 6. The van der Waals surface area contributed by atoms with Crippen LogP contribution in [0.15, 0.2) is 29.5 Å². The maximum absolute atomic E-state index is 13.2. The normalized spacial score (nSPS) is 13.0. The van der Waals surface area contributed by atoms with Gasteiger partial charge in [0, 0.05) is 19.0 Å². The number of nitrogen functional groups attached to an aromatic ring is 1. The van der Waals surface area contributed by atoms with E-state index < -0.39 is 11.9 Å². The zero-order valence-corrected chi connectivity index (χ0v) is 14.4. The maximum atomic E-state index is 13.2. The largest absolute Gasteiger partial charge is 0.433 e. The SMILES string of the molecule is CN=CC=C(N)c1nc(N)n2ncnc2c1-c1cc(C)nc(C(F)(F)F)c1. The number of aromatic nitrogens is 5. The first-order chi connectivity index (χ1) is 12.7. The second-order valence-electron chi connectivity index (χ2n) is 5.60. The van der Waals surface area contributed by atoms with Crippen LogP contribution in [-0.4, -0.2) is 37.8 Å². The van der Waals surface area contributed by atoms with Gasteiger partial charge in [-0.2, -0.15) is 22.8 Å². The third-order valence-corrected chi connectivity index (χ3v) is 3.66. The fourth-order valence-electron chi connectivity index (χ4n) is 2.57. The number of pyridine rings is 1. The molecule has 11 heteroatoms. The fourth-order valence-corrected chi connectivity index (χ4v) is 2.57. The molecule has 0 fully saturated rings. The van der Waals surface area contributed by atoms with Crippen molar-refractivity contribution in [2.24, 2.45) is 10.7 Å². The average Bonchev–Trinajstić information content (AvgIpc) is 3.08. The number of allylic oxidation sites excluding steroid dienone is 1. The molecule has 0 saturated carbocycles. The minimum atomic E-state index is -4.61. The molecule has 3 aromatic rings. The smallest absolute Gasteiger partial charge is 0.397 e. The molecule has 3 aromatic heterocycles. The Morgan fingerprint density at radius 1 is 1.26 bits per heavy atom. The van der Waals surface area contributed by atoms with E-state index >= 15 is 0 Å². The van der Waals surface area contributed by atoms with Gasteiger partial charge in [-0.05, 0) is 30.7 Å². The Kier molecular flexibility index (Phi) is 4.52. The molecule has 0 unspecified atom stereocenters. The van der Waals surface area contributed by atoms with Gasteiger partial charge >= 0.3 is 6.18 Å². The van der Waals surface area contributed by atoms with E-state index in [9.17, 15) is 13.2 Å². The van der Waals surface area contributed by atoms with E-state index in [1.807, 2.05) is 0 Å². The molecule has 0 radical (unpaired) electrons. The maximum Gasteiger partial charge on any atom is 0.433 e. The first-order valence-corrected chi connectivity index (χ1v) is 7.66. The highest BCUT2D eigenvalue weighted by molar-refractivity contribution is 5.92. The number of rotatable bonds is 3. The van der Waals surface area contributed by atoms with Crippen LogP contribution in [0.3, 0.4) is 0 Å². The van der Waals surface area contributed by atoms with E-state index in [2.05, 4.69) is 25.0 Å². The molecule has 0 spiro atoms. The molecule has 8 nitrogen and oxygen atoms in total. The lowest BCUT2D eigenvalue weighted by Gasteiger charge is -2.14. The quantitative estimate of drug-likeness (QED) is 0.676. The van der Waals surface area contributed by atoms with Crippen LogP contribution in [0.25, 0.3) is 22.5 Å². The number of fused-ring (bicyclic) bond motifs is 1. The van der Waals surface area contributed by atoms with E-state index in [1.54, 1.807) is 7.05 Å². The predicted octanol–water partition coefficient (Wildman–Crippen LogP) is 2.10. The number of anilines is 1. The molecule has 140 valence electrons. The predicted molar refractivity (Wildman–Crippen MR) is 94.7 cm³/mol.